The molecule has 4 heteroatoms. The fourth-order valence-electron chi connectivity index (χ4n) is 3.35. The zero-order chi connectivity index (χ0) is 16.2. The third-order valence-electron chi connectivity index (χ3n) is 4.57. The molecular formula is C19H22N2O2. The number of hydrogen-bond acceptors (Lipinski definition) is 3. The van der Waals surface area contributed by atoms with E-state index in [1.54, 1.807) is 0 Å². The molecule has 1 N–H and O–H groups in total. The lowest BCUT2D eigenvalue weighted by molar-refractivity contribution is -0.143. The van der Waals surface area contributed by atoms with Crippen molar-refractivity contribution in [1.82, 2.24) is 9.88 Å². The monoisotopic (exact) mass is 310 g/mol. The zero-order valence-corrected chi connectivity index (χ0v) is 13.4. The van der Waals surface area contributed by atoms with Gasteiger partial charge in [0.25, 0.3) is 0 Å². The molecule has 1 aliphatic rings. The first kappa shape index (κ1) is 15.7. The van der Waals surface area contributed by atoms with Crippen LogP contribution in [0.1, 0.15) is 35.7 Å². The third-order valence-corrected chi connectivity index (χ3v) is 4.57. The van der Waals surface area contributed by atoms with Crippen molar-refractivity contribution in [2.75, 3.05) is 13.1 Å². The number of hydrogen-bond donors (Lipinski definition) is 1. The topological polar surface area (TPSA) is 53.4 Å². The van der Waals surface area contributed by atoms with Gasteiger partial charge in [0, 0.05) is 6.20 Å². The number of piperidine rings is 1. The van der Waals surface area contributed by atoms with Crippen LogP contribution in [-0.2, 0) is 4.79 Å². The van der Waals surface area contributed by atoms with Gasteiger partial charge in [-0.3, -0.25) is 14.7 Å². The first-order valence-electron chi connectivity index (χ1n) is 8.09. The maximum atomic E-state index is 11.2. The molecule has 0 spiro atoms. The standard InChI is InChI=1S/C19H22N2O2/c1-14-5-4-6-16(13-14)18(17-7-2-3-10-20-17)21-11-8-15(9-12-21)19(22)23/h2-7,10,13,15,18H,8-9,11-12H2,1H3,(H,22,23). The molecule has 0 aliphatic carbocycles. The van der Waals surface area contributed by atoms with Gasteiger partial charge < -0.3 is 5.11 Å². The molecule has 0 amide bonds. The second-order valence-corrected chi connectivity index (χ2v) is 6.22. The summed E-state index contributed by atoms with van der Waals surface area (Å²) in [4.78, 5) is 18.1. The zero-order valence-electron chi connectivity index (χ0n) is 13.4. The number of nitrogens with zero attached hydrogens (tertiary/aromatic N) is 2. The minimum Gasteiger partial charge on any atom is -0.481 e. The largest absolute Gasteiger partial charge is 0.481 e. The Labute approximate surface area is 136 Å². The van der Waals surface area contributed by atoms with Gasteiger partial charge in [-0.15, -0.1) is 0 Å². The normalized spacial score (nSPS) is 17.8. The van der Waals surface area contributed by atoms with Crippen molar-refractivity contribution in [3.05, 3.63) is 65.5 Å². The van der Waals surface area contributed by atoms with E-state index in [2.05, 4.69) is 47.1 Å². The van der Waals surface area contributed by atoms with Crippen LogP contribution < -0.4 is 0 Å². The van der Waals surface area contributed by atoms with Crippen molar-refractivity contribution in [3.8, 4) is 0 Å². The molecule has 2 aromatic rings. The fraction of sp³-hybridized carbons (Fsp3) is 0.368. The molecule has 1 aromatic heterocycles. The van der Waals surface area contributed by atoms with Crippen LogP contribution in [0.15, 0.2) is 48.7 Å². The molecule has 23 heavy (non-hydrogen) atoms. The summed E-state index contributed by atoms with van der Waals surface area (Å²) in [7, 11) is 0. The maximum Gasteiger partial charge on any atom is 0.306 e. The van der Waals surface area contributed by atoms with Crippen molar-refractivity contribution < 1.29 is 9.90 Å². The highest BCUT2D eigenvalue weighted by molar-refractivity contribution is 5.70. The molecule has 1 fully saturated rings. The number of aryl methyl sites for hydroxylation is 1. The van der Waals surface area contributed by atoms with Gasteiger partial charge in [-0.05, 0) is 50.6 Å². The lowest BCUT2D eigenvalue weighted by Gasteiger charge is -2.36. The Morgan fingerprint density at radius 1 is 1.22 bits per heavy atom. The highest BCUT2D eigenvalue weighted by atomic mass is 16.4. The number of likely N-dealkylation sites (tertiary alicyclic amines) is 1. The molecule has 0 bridgehead atoms. The summed E-state index contributed by atoms with van der Waals surface area (Å²) in [6, 6.07) is 14.6. The average molecular weight is 310 g/mol. The summed E-state index contributed by atoms with van der Waals surface area (Å²) in [5, 5.41) is 9.20. The predicted octanol–water partition coefficient (Wildman–Crippen LogP) is 3.28. The SMILES string of the molecule is Cc1cccc(C(c2ccccn2)N2CCC(C(=O)O)CC2)c1. The number of benzene rings is 1. The van der Waals surface area contributed by atoms with E-state index in [1.165, 1.54) is 11.1 Å². The van der Waals surface area contributed by atoms with Gasteiger partial charge in [-0.25, -0.2) is 0 Å². The molecule has 1 aromatic carbocycles. The van der Waals surface area contributed by atoms with E-state index < -0.39 is 5.97 Å². The van der Waals surface area contributed by atoms with Crippen molar-refractivity contribution >= 4 is 5.97 Å². The van der Waals surface area contributed by atoms with Crippen molar-refractivity contribution in [3.63, 3.8) is 0 Å². The van der Waals surface area contributed by atoms with E-state index >= 15 is 0 Å². The fourth-order valence-corrected chi connectivity index (χ4v) is 3.35. The summed E-state index contributed by atoms with van der Waals surface area (Å²) in [5.74, 6) is -0.886. The number of aromatic nitrogens is 1. The van der Waals surface area contributed by atoms with Gasteiger partial charge in [0.2, 0.25) is 0 Å². The second-order valence-electron chi connectivity index (χ2n) is 6.22. The second kappa shape index (κ2) is 6.92. The Bertz CT molecular complexity index is 664. The van der Waals surface area contributed by atoms with E-state index in [-0.39, 0.29) is 12.0 Å². The van der Waals surface area contributed by atoms with Crippen LogP contribution in [0.4, 0.5) is 0 Å². The number of carboxylic acid groups (broad SMARTS) is 1. The highest BCUT2D eigenvalue weighted by Crippen LogP contribution is 2.31. The minimum absolute atomic E-state index is 0.0887. The van der Waals surface area contributed by atoms with Crippen LogP contribution in [0.25, 0.3) is 0 Å². The smallest absolute Gasteiger partial charge is 0.306 e. The van der Waals surface area contributed by atoms with Crippen molar-refractivity contribution in [2.45, 2.75) is 25.8 Å². The van der Waals surface area contributed by atoms with Crippen LogP contribution in [0, 0.1) is 12.8 Å². The van der Waals surface area contributed by atoms with Gasteiger partial charge in [0.15, 0.2) is 0 Å². The number of carbonyl (C=O) groups is 1. The molecule has 1 atom stereocenters. The van der Waals surface area contributed by atoms with Crippen LogP contribution in [-0.4, -0.2) is 34.0 Å². The Morgan fingerprint density at radius 3 is 2.61 bits per heavy atom. The minimum atomic E-state index is -0.672. The Balaban J connectivity index is 1.89. The van der Waals surface area contributed by atoms with Crippen molar-refractivity contribution in [2.24, 2.45) is 5.92 Å². The number of aliphatic carboxylic acids is 1. The first-order valence-corrected chi connectivity index (χ1v) is 8.09. The van der Waals surface area contributed by atoms with E-state index in [1.807, 2.05) is 18.3 Å². The molecular weight excluding hydrogens is 288 g/mol. The van der Waals surface area contributed by atoms with Crippen LogP contribution in [0.2, 0.25) is 0 Å². The summed E-state index contributed by atoms with van der Waals surface area (Å²) >= 11 is 0. The molecule has 1 unspecified atom stereocenters. The molecule has 0 radical (unpaired) electrons. The number of rotatable bonds is 4. The Hall–Kier alpha value is -2.20. The summed E-state index contributed by atoms with van der Waals surface area (Å²) in [6.45, 7) is 3.66. The van der Waals surface area contributed by atoms with Gasteiger partial charge in [-0.1, -0.05) is 35.9 Å². The first-order chi connectivity index (χ1) is 11.1. The van der Waals surface area contributed by atoms with Crippen molar-refractivity contribution in [1.29, 1.82) is 0 Å². The van der Waals surface area contributed by atoms with Crippen LogP contribution in [0.5, 0.6) is 0 Å². The van der Waals surface area contributed by atoms with E-state index in [9.17, 15) is 9.90 Å². The molecule has 1 aliphatic heterocycles. The van der Waals surface area contributed by atoms with Crippen LogP contribution >= 0.6 is 0 Å². The predicted molar refractivity (Wildman–Crippen MR) is 89.2 cm³/mol. The molecule has 3 rings (SSSR count). The average Bonchev–Trinajstić information content (AvgIpc) is 2.57. The van der Waals surface area contributed by atoms with E-state index in [0.717, 1.165) is 18.8 Å². The van der Waals surface area contributed by atoms with E-state index in [4.69, 9.17) is 0 Å². The Kier molecular flexibility index (Phi) is 4.72. The molecule has 4 nitrogen and oxygen atoms in total. The molecule has 0 saturated carbocycles. The molecule has 2 heterocycles. The molecule has 1 saturated heterocycles. The van der Waals surface area contributed by atoms with Crippen LogP contribution in [0.3, 0.4) is 0 Å². The highest BCUT2D eigenvalue weighted by Gasteiger charge is 2.30. The maximum absolute atomic E-state index is 11.2. The quantitative estimate of drug-likeness (QED) is 0.941. The lowest BCUT2D eigenvalue weighted by Crippen LogP contribution is -2.39. The number of carboxylic acids is 1. The van der Waals surface area contributed by atoms with Gasteiger partial charge in [0.05, 0.1) is 17.7 Å². The van der Waals surface area contributed by atoms with Gasteiger partial charge in [0.1, 0.15) is 0 Å². The number of pyridine rings is 1. The molecule has 120 valence electrons. The van der Waals surface area contributed by atoms with E-state index in [0.29, 0.717) is 12.8 Å². The summed E-state index contributed by atoms with van der Waals surface area (Å²) in [6.07, 6.45) is 3.22. The lowest BCUT2D eigenvalue weighted by atomic mass is 9.92. The van der Waals surface area contributed by atoms with Gasteiger partial charge in [-0.2, -0.15) is 0 Å². The summed E-state index contributed by atoms with van der Waals surface area (Å²) < 4.78 is 0. The Morgan fingerprint density at radius 2 is 2.00 bits per heavy atom. The van der Waals surface area contributed by atoms with Gasteiger partial charge >= 0.3 is 5.97 Å². The third kappa shape index (κ3) is 3.59. The summed E-state index contributed by atoms with van der Waals surface area (Å²) in [5.41, 5.74) is 3.47.